The van der Waals surface area contributed by atoms with E-state index in [4.69, 9.17) is 16.3 Å². The van der Waals surface area contributed by atoms with Crippen LogP contribution in [-0.4, -0.2) is 40.4 Å². The van der Waals surface area contributed by atoms with Gasteiger partial charge in [-0.3, -0.25) is 14.9 Å². The summed E-state index contributed by atoms with van der Waals surface area (Å²) >= 11 is 8.33. The first-order valence-corrected chi connectivity index (χ1v) is 10.7. The number of ether oxygens (including phenoxy) is 1. The zero-order valence-electron chi connectivity index (χ0n) is 14.4. The zero-order chi connectivity index (χ0) is 19.1. The van der Waals surface area contributed by atoms with Crippen LogP contribution in [0.5, 0.6) is 5.75 Å². The molecule has 0 radical (unpaired) electrons. The number of hydrogen-bond donors (Lipinski definition) is 2. The van der Waals surface area contributed by atoms with Crippen molar-refractivity contribution >= 4 is 51.6 Å². The molecule has 7 nitrogen and oxygen atoms in total. The van der Waals surface area contributed by atoms with Crippen molar-refractivity contribution in [2.75, 3.05) is 17.7 Å². The molecule has 0 unspecified atom stereocenters. The number of amides is 2. The van der Waals surface area contributed by atoms with Crippen LogP contribution in [0.15, 0.2) is 28.6 Å². The van der Waals surface area contributed by atoms with E-state index in [0.717, 1.165) is 12.8 Å². The molecule has 1 fully saturated rings. The third-order valence-corrected chi connectivity index (χ3v) is 6.11. The average molecular weight is 427 g/mol. The molecule has 0 atom stereocenters. The Morgan fingerprint density at radius 2 is 1.93 bits per heavy atom. The number of carbonyl (C=O) groups is 2. The van der Waals surface area contributed by atoms with Gasteiger partial charge in [-0.25, -0.2) is 0 Å². The molecule has 3 rings (SSSR count). The smallest absolute Gasteiger partial charge is 0.264 e. The second-order valence-electron chi connectivity index (χ2n) is 6.00. The number of aromatic nitrogens is 2. The molecule has 1 heterocycles. The van der Waals surface area contributed by atoms with Crippen LogP contribution >= 0.6 is 34.7 Å². The van der Waals surface area contributed by atoms with Gasteiger partial charge in [-0.1, -0.05) is 47.5 Å². The topological polar surface area (TPSA) is 93.2 Å². The van der Waals surface area contributed by atoms with Crippen molar-refractivity contribution in [1.29, 1.82) is 0 Å². The van der Waals surface area contributed by atoms with E-state index in [-0.39, 0.29) is 18.4 Å². The predicted octanol–water partition coefficient (Wildman–Crippen LogP) is 3.36. The highest BCUT2D eigenvalue weighted by molar-refractivity contribution is 8.01. The van der Waals surface area contributed by atoms with Crippen LogP contribution in [-0.2, 0) is 9.59 Å². The number of rotatable bonds is 8. The summed E-state index contributed by atoms with van der Waals surface area (Å²) < 4.78 is 6.00. The molecular weight excluding hydrogens is 408 g/mol. The Balaban J connectivity index is 1.38. The molecule has 0 bridgehead atoms. The van der Waals surface area contributed by atoms with Crippen molar-refractivity contribution in [2.24, 2.45) is 0 Å². The highest BCUT2D eigenvalue weighted by Crippen LogP contribution is 2.25. The summed E-state index contributed by atoms with van der Waals surface area (Å²) in [6.07, 6.45) is 4.48. The summed E-state index contributed by atoms with van der Waals surface area (Å²) in [6, 6.07) is 7.05. The third-order valence-electron chi connectivity index (χ3n) is 3.88. The van der Waals surface area contributed by atoms with E-state index in [9.17, 15) is 9.59 Å². The van der Waals surface area contributed by atoms with E-state index in [1.807, 2.05) is 0 Å². The van der Waals surface area contributed by atoms with Crippen LogP contribution in [0.25, 0.3) is 0 Å². The lowest BCUT2D eigenvalue weighted by Gasteiger charge is -2.10. The molecule has 1 aliphatic carbocycles. The number of hydrogen-bond acceptors (Lipinski definition) is 7. The van der Waals surface area contributed by atoms with Gasteiger partial charge in [-0.15, -0.1) is 10.2 Å². The molecule has 1 aromatic heterocycles. The first-order chi connectivity index (χ1) is 13.1. The fourth-order valence-corrected chi connectivity index (χ4v) is 4.33. The number of nitrogens with zero attached hydrogens (tertiary/aromatic N) is 2. The molecule has 2 aromatic rings. The Bertz CT molecular complexity index is 779. The van der Waals surface area contributed by atoms with Crippen LogP contribution in [0.3, 0.4) is 0 Å². The molecule has 1 aromatic carbocycles. The number of anilines is 1. The molecule has 0 saturated heterocycles. The number of thioether (sulfide) groups is 1. The lowest BCUT2D eigenvalue weighted by atomic mass is 10.2. The van der Waals surface area contributed by atoms with E-state index in [1.54, 1.807) is 24.3 Å². The Morgan fingerprint density at radius 1 is 1.19 bits per heavy atom. The fraction of sp³-hybridized carbons (Fsp3) is 0.412. The van der Waals surface area contributed by atoms with Gasteiger partial charge >= 0.3 is 0 Å². The maximum absolute atomic E-state index is 11.9. The van der Waals surface area contributed by atoms with Gasteiger partial charge < -0.3 is 10.1 Å². The molecule has 2 N–H and O–H groups in total. The van der Waals surface area contributed by atoms with Gasteiger partial charge in [-0.05, 0) is 37.1 Å². The number of carbonyl (C=O) groups excluding carboxylic acids is 2. The van der Waals surface area contributed by atoms with E-state index >= 15 is 0 Å². The highest BCUT2D eigenvalue weighted by Gasteiger charge is 2.17. The molecule has 144 valence electrons. The Morgan fingerprint density at radius 3 is 2.67 bits per heavy atom. The molecular formula is C17H19ClN4O3S2. The number of benzene rings is 1. The van der Waals surface area contributed by atoms with Crippen LogP contribution in [0, 0.1) is 0 Å². The normalized spacial score (nSPS) is 14.1. The molecule has 0 aliphatic heterocycles. The van der Waals surface area contributed by atoms with E-state index in [0.29, 0.717) is 32.0 Å². The van der Waals surface area contributed by atoms with E-state index in [1.165, 1.54) is 35.9 Å². The maximum Gasteiger partial charge on any atom is 0.264 e. The largest absolute Gasteiger partial charge is 0.484 e. The van der Waals surface area contributed by atoms with Gasteiger partial charge in [0.15, 0.2) is 10.9 Å². The molecule has 0 spiro atoms. The van der Waals surface area contributed by atoms with Gasteiger partial charge in [0, 0.05) is 11.1 Å². The van der Waals surface area contributed by atoms with Crippen molar-refractivity contribution in [3.05, 3.63) is 29.3 Å². The summed E-state index contributed by atoms with van der Waals surface area (Å²) in [7, 11) is 0. The monoisotopic (exact) mass is 426 g/mol. The Labute approximate surface area is 170 Å². The molecule has 1 saturated carbocycles. The molecule has 1 aliphatic rings. The third kappa shape index (κ3) is 6.67. The first-order valence-electron chi connectivity index (χ1n) is 8.52. The van der Waals surface area contributed by atoms with Crippen LogP contribution in [0.1, 0.15) is 25.7 Å². The SMILES string of the molecule is O=C(COc1ccc(Cl)cc1)Nc1nnc(SCC(=O)NC2CCCC2)s1. The van der Waals surface area contributed by atoms with Crippen LogP contribution < -0.4 is 15.4 Å². The quantitative estimate of drug-likeness (QED) is 0.496. The summed E-state index contributed by atoms with van der Waals surface area (Å²) in [5.74, 6) is 0.510. The standard InChI is InChI=1S/C17H19ClN4O3S2/c18-11-5-7-13(8-6-11)25-9-14(23)20-16-21-22-17(27-16)26-10-15(24)19-12-3-1-2-4-12/h5-8,12H,1-4,9-10H2,(H,19,24)(H,20,21,23). The minimum Gasteiger partial charge on any atom is -0.484 e. The lowest BCUT2D eigenvalue weighted by Crippen LogP contribution is -2.33. The van der Waals surface area contributed by atoms with Gasteiger partial charge in [0.05, 0.1) is 5.75 Å². The summed E-state index contributed by atoms with van der Waals surface area (Å²) in [6.45, 7) is -0.145. The van der Waals surface area contributed by atoms with Gasteiger partial charge in [0.25, 0.3) is 5.91 Å². The summed E-state index contributed by atoms with van der Waals surface area (Å²) in [4.78, 5) is 23.9. The molecule has 27 heavy (non-hydrogen) atoms. The van der Waals surface area contributed by atoms with Crippen LogP contribution in [0.2, 0.25) is 5.02 Å². The number of halogens is 1. The minimum atomic E-state index is -0.336. The van der Waals surface area contributed by atoms with E-state index in [2.05, 4.69) is 20.8 Å². The second-order valence-corrected chi connectivity index (χ2v) is 8.64. The van der Waals surface area contributed by atoms with Crippen molar-refractivity contribution in [1.82, 2.24) is 15.5 Å². The maximum atomic E-state index is 11.9. The van der Waals surface area contributed by atoms with Crippen molar-refractivity contribution in [2.45, 2.75) is 36.1 Å². The Kier molecular flexibility index (Phi) is 7.31. The van der Waals surface area contributed by atoms with Gasteiger partial charge in [0.1, 0.15) is 5.75 Å². The van der Waals surface area contributed by atoms with Crippen molar-refractivity contribution in [3.8, 4) is 5.75 Å². The minimum absolute atomic E-state index is 0.00375. The zero-order valence-corrected chi connectivity index (χ0v) is 16.8. The summed E-state index contributed by atoms with van der Waals surface area (Å²) in [5, 5.41) is 14.5. The van der Waals surface area contributed by atoms with Gasteiger partial charge in [0.2, 0.25) is 11.0 Å². The predicted molar refractivity (Wildman–Crippen MR) is 107 cm³/mol. The van der Waals surface area contributed by atoms with Gasteiger partial charge in [-0.2, -0.15) is 0 Å². The molecule has 10 heteroatoms. The van der Waals surface area contributed by atoms with Crippen molar-refractivity contribution in [3.63, 3.8) is 0 Å². The lowest BCUT2D eigenvalue weighted by molar-refractivity contribution is -0.119. The Hall–Kier alpha value is -1.84. The molecule has 2 amide bonds. The van der Waals surface area contributed by atoms with Crippen molar-refractivity contribution < 1.29 is 14.3 Å². The van der Waals surface area contributed by atoms with Crippen LogP contribution in [0.4, 0.5) is 5.13 Å². The highest BCUT2D eigenvalue weighted by atomic mass is 35.5. The first kappa shape index (κ1) is 19.9. The van der Waals surface area contributed by atoms with E-state index < -0.39 is 0 Å². The fourth-order valence-electron chi connectivity index (χ4n) is 2.62. The number of nitrogens with one attached hydrogen (secondary N) is 2. The summed E-state index contributed by atoms with van der Waals surface area (Å²) in [5.41, 5.74) is 0. The second kappa shape index (κ2) is 9.91. The average Bonchev–Trinajstić information content (AvgIpc) is 3.31.